The molecule has 30 heavy (non-hydrogen) atoms. The number of Topliss-reactive ketones (excluding diaryl/α,β-unsaturated/α-hetero) is 1. The number of nitro benzene ring substituents is 1. The number of hydrogen-bond donors (Lipinski definition) is 4. The Labute approximate surface area is 166 Å². The first-order valence-corrected chi connectivity index (χ1v) is 8.76. The molecule has 0 amide bonds. The smallest absolute Gasteiger partial charge is 0.280 e. The molecule has 1 aliphatic rings. The van der Waals surface area contributed by atoms with Gasteiger partial charge in [0.15, 0.2) is 11.2 Å². The molecule has 5 N–H and O–H groups in total. The van der Waals surface area contributed by atoms with Crippen molar-refractivity contribution < 1.29 is 24.7 Å². The van der Waals surface area contributed by atoms with Gasteiger partial charge in [0, 0.05) is 24.1 Å². The molecule has 1 aromatic carbocycles. The number of H-pyrrole nitrogens is 1. The van der Waals surface area contributed by atoms with Gasteiger partial charge in [-0.3, -0.25) is 29.3 Å². The summed E-state index contributed by atoms with van der Waals surface area (Å²) in [6, 6.07) is 4.81. The molecule has 4 rings (SSSR count). The molecule has 0 bridgehead atoms. The number of carbonyl (C=O) groups is 1. The molecule has 3 atom stereocenters. The monoisotopic (exact) mass is 416 g/mol. The molecule has 0 aliphatic carbocycles. The van der Waals surface area contributed by atoms with E-state index in [4.69, 9.17) is 10.5 Å². The topological polar surface area (TPSA) is 199 Å². The lowest BCUT2D eigenvalue weighted by Gasteiger charge is -2.29. The van der Waals surface area contributed by atoms with Gasteiger partial charge in [-0.1, -0.05) is 0 Å². The SMILES string of the molecule is Nc1nc2c(ncn2[C@@]2(C(=O)c3ccc([N+](=O)[O-])cc3)C[C@H](O)[C@@H](CO)O2)c(=O)[nH]1. The number of fused-ring (bicyclic) bond motifs is 1. The highest BCUT2D eigenvalue weighted by Crippen LogP contribution is 2.39. The number of anilines is 1. The fraction of sp³-hybridized carbons (Fsp3) is 0.294. The lowest BCUT2D eigenvalue weighted by Crippen LogP contribution is -2.42. The molecule has 13 nitrogen and oxygen atoms in total. The second-order valence-electron chi connectivity index (χ2n) is 6.77. The Hall–Kier alpha value is -3.68. The third kappa shape index (κ3) is 2.92. The fourth-order valence-electron chi connectivity index (χ4n) is 3.51. The zero-order chi connectivity index (χ0) is 21.6. The number of aliphatic hydroxyl groups is 2. The number of rotatable bonds is 5. The number of nitrogen functional groups attached to an aromatic ring is 1. The number of aromatic nitrogens is 4. The molecule has 13 heteroatoms. The summed E-state index contributed by atoms with van der Waals surface area (Å²) in [5.41, 5.74) is 2.75. The Balaban J connectivity index is 1.90. The van der Waals surface area contributed by atoms with Gasteiger partial charge in [-0.05, 0) is 12.1 Å². The number of imidazole rings is 1. The Morgan fingerprint density at radius 1 is 1.43 bits per heavy atom. The van der Waals surface area contributed by atoms with Crippen LogP contribution in [-0.4, -0.2) is 59.3 Å². The quantitative estimate of drug-likeness (QED) is 0.234. The zero-order valence-corrected chi connectivity index (χ0v) is 15.3. The van der Waals surface area contributed by atoms with Gasteiger partial charge in [-0.15, -0.1) is 0 Å². The molecular formula is C17H16N6O7. The lowest BCUT2D eigenvalue weighted by atomic mass is 9.96. The average Bonchev–Trinajstić information content (AvgIpc) is 3.29. The molecule has 0 unspecified atom stereocenters. The third-order valence-corrected chi connectivity index (χ3v) is 4.95. The van der Waals surface area contributed by atoms with Crippen molar-refractivity contribution in [2.45, 2.75) is 24.4 Å². The van der Waals surface area contributed by atoms with Gasteiger partial charge < -0.3 is 20.7 Å². The van der Waals surface area contributed by atoms with E-state index in [1.54, 1.807) is 0 Å². The summed E-state index contributed by atoms with van der Waals surface area (Å²) in [4.78, 5) is 46.2. The number of carbonyl (C=O) groups excluding carboxylic acids is 1. The van der Waals surface area contributed by atoms with Gasteiger partial charge in [0.25, 0.3) is 11.2 Å². The van der Waals surface area contributed by atoms with Gasteiger partial charge in [-0.25, -0.2) is 4.98 Å². The number of hydrogen-bond acceptors (Lipinski definition) is 10. The van der Waals surface area contributed by atoms with E-state index < -0.39 is 40.8 Å². The molecule has 0 radical (unpaired) electrons. The molecule has 3 heterocycles. The largest absolute Gasteiger partial charge is 0.394 e. The first kappa shape index (κ1) is 19.6. The third-order valence-electron chi connectivity index (χ3n) is 4.95. The number of nitrogens with two attached hydrogens (primary N) is 1. The molecule has 3 aromatic rings. The van der Waals surface area contributed by atoms with E-state index in [2.05, 4.69) is 15.0 Å². The van der Waals surface area contributed by atoms with Gasteiger partial charge in [0.1, 0.15) is 12.4 Å². The standard InChI is InChI=1S/C17H16N6O7/c18-16-20-14-12(15(27)21-16)19-7-22(14)17(5-10(25)11(6-24)30-17)13(26)8-1-3-9(4-2-8)23(28)29/h1-4,7,10-11,24-25H,5-6H2,(H3,18,20,21,27)/t10-,11+,17-/m0/s1. The van der Waals surface area contributed by atoms with Crippen LogP contribution in [0.25, 0.3) is 11.2 Å². The number of non-ortho nitro benzene ring substituents is 1. The predicted octanol–water partition coefficient (Wildman–Crippen LogP) is -0.712. The van der Waals surface area contributed by atoms with Gasteiger partial charge in [-0.2, -0.15) is 4.98 Å². The molecule has 1 saturated heterocycles. The van der Waals surface area contributed by atoms with Crippen LogP contribution >= 0.6 is 0 Å². The summed E-state index contributed by atoms with van der Waals surface area (Å²) < 4.78 is 6.96. The van der Waals surface area contributed by atoms with Crippen LogP contribution in [0.5, 0.6) is 0 Å². The van der Waals surface area contributed by atoms with Crippen molar-refractivity contribution in [3.63, 3.8) is 0 Å². The van der Waals surface area contributed by atoms with Crippen molar-refractivity contribution >= 4 is 28.6 Å². The van der Waals surface area contributed by atoms with Crippen molar-refractivity contribution in [2.75, 3.05) is 12.3 Å². The van der Waals surface area contributed by atoms with Crippen molar-refractivity contribution in [2.24, 2.45) is 0 Å². The summed E-state index contributed by atoms with van der Waals surface area (Å²) in [6.07, 6.45) is -1.44. The minimum Gasteiger partial charge on any atom is -0.394 e. The van der Waals surface area contributed by atoms with E-state index in [-0.39, 0.29) is 34.8 Å². The fourth-order valence-corrected chi connectivity index (χ4v) is 3.51. The highest BCUT2D eigenvalue weighted by Gasteiger charge is 2.53. The number of aliphatic hydroxyl groups excluding tert-OH is 2. The van der Waals surface area contributed by atoms with Gasteiger partial charge in [0.2, 0.25) is 17.5 Å². The van der Waals surface area contributed by atoms with E-state index >= 15 is 0 Å². The highest BCUT2D eigenvalue weighted by molar-refractivity contribution is 6.02. The summed E-state index contributed by atoms with van der Waals surface area (Å²) in [6.45, 7) is -0.570. The van der Waals surface area contributed by atoms with Crippen LogP contribution in [0.2, 0.25) is 0 Å². The molecule has 0 spiro atoms. The van der Waals surface area contributed by atoms with Crippen LogP contribution in [0.15, 0.2) is 35.4 Å². The average molecular weight is 416 g/mol. The molecule has 1 fully saturated rings. The van der Waals surface area contributed by atoms with E-state index in [0.717, 1.165) is 18.5 Å². The van der Waals surface area contributed by atoms with Crippen LogP contribution in [0.4, 0.5) is 11.6 Å². The maximum absolute atomic E-state index is 13.5. The van der Waals surface area contributed by atoms with Gasteiger partial charge in [0.05, 0.1) is 17.6 Å². The molecule has 0 saturated carbocycles. The van der Waals surface area contributed by atoms with Crippen LogP contribution in [0, 0.1) is 10.1 Å². The normalized spacial score (nSPS) is 23.7. The lowest BCUT2D eigenvalue weighted by molar-refractivity contribution is -0.384. The van der Waals surface area contributed by atoms with Gasteiger partial charge >= 0.3 is 0 Å². The molecule has 1 aliphatic heterocycles. The van der Waals surface area contributed by atoms with E-state index in [0.29, 0.717) is 0 Å². The summed E-state index contributed by atoms with van der Waals surface area (Å²) in [7, 11) is 0. The minimum absolute atomic E-state index is 0.0473. The summed E-state index contributed by atoms with van der Waals surface area (Å²) >= 11 is 0. The second-order valence-corrected chi connectivity index (χ2v) is 6.77. The number of nitrogens with one attached hydrogen (secondary N) is 1. The number of ether oxygens (including phenoxy) is 1. The predicted molar refractivity (Wildman–Crippen MR) is 101 cm³/mol. The summed E-state index contributed by atoms with van der Waals surface area (Å²) in [5.74, 6) is -0.892. The van der Waals surface area contributed by atoms with Crippen molar-refractivity contribution in [3.8, 4) is 0 Å². The Bertz CT molecular complexity index is 1200. The number of nitro groups is 1. The highest BCUT2D eigenvalue weighted by atomic mass is 16.6. The molecular weight excluding hydrogens is 400 g/mol. The molecule has 156 valence electrons. The van der Waals surface area contributed by atoms with Crippen molar-refractivity contribution in [1.82, 2.24) is 19.5 Å². The molecule has 2 aromatic heterocycles. The number of ketones is 1. The summed E-state index contributed by atoms with van der Waals surface area (Å²) in [5, 5.41) is 30.8. The van der Waals surface area contributed by atoms with E-state index in [1.165, 1.54) is 16.7 Å². The number of nitrogens with zero attached hydrogens (tertiary/aromatic N) is 4. The van der Waals surface area contributed by atoms with Crippen LogP contribution < -0.4 is 11.3 Å². The second kappa shape index (κ2) is 6.98. The Morgan fingerprint density at radius 3 is 2.73 bits per heavy atom. The maximum atomic E-state index is 13.5. The zero-order valence-electron chi connectivity index (χ0n) is 15.3. The number of benzene rings is 1. The van der Waals surface area contributed by atoms with Crippen LogP contribution in [0.1, 0.15) is 16.8 Å². The number of aromatic amines is 1. The Morgan fingerprint density at radius 2 is 2.13 bits per heavy atom. The Kier molecular flexibility index (Phi) is 4.57. The van der Waals surface area contributed by atoms with E-state index in [1.807, 2.05) is 0 Å². The maximum Gasteiger partial charge on any atom is 0.280 e. The first-order valence-electron chi connectivity index (χ1n) is 8.76. The van der Waals surface area contributed by atoms with Crippen molar-refractivity contribution in [3.05, 3.63) is 56.6 Å². The van der Waals surface area contributed by atoms with Crippen LogP contribution in [0.3, 0.4) is 0 Å². The van der Waals surface area contributed by atoms with Crippen LogP contribution in [-0.2, 0) is 10.5 Å². The first-order chi connectivity index (χ1) is 14.3. The van der Waals surface area contributed by atoms with E-state index in [9.17, 15) is 29.9 Å². The minimum atomic E-state index is -1.91. The van der Waals surface area contributed by atoms with Crippen molar-refractivity contribution in [1.29, 1.82) is 0 Å².